The molecule has 0 bridgehead atoms. The van der Waals surface area contributed by atoms with Crippen molar-refractivity contribution in [1.82, 2.24) is 19.9 Å². The van der Waals surface area contributed by atoms with E-state index in [1.807, 2.05) is 75.5 Å². The van der Waals surface area contributed by atoms with Crippen molar-refractivity contribution >= 4 is 45.0 Å². The van der Waals surface area contributed by atoms with Crippen LogP contribution in [-0.4, -0.2) is 25.8 Å². The molecule has 1 amide bonds. The van der Waals surface area contributed by atoms with Crippen molar-refractivity contribution in [3.05, 3.63) is 83.9 Å². The van der Waals surface area contributed by atoms with Gasteiger partial charge >= 0.3 is 0 Å². The molecule has 0 spiro atoms. The fourth-order valence-electron chi connectivity index (χ4n) is 3.66. The average molecular weight is 454 g/mol. The van der Waals surface area contributed by atoms with Crippen LogP contribution >= 0.6 is 0 Å². The zero-order valence-corrected chi connectivity index (χ0v) is 19.4. The Hall–Kier alpha value is -4.30. The van der Waals surface area contributed by atoms with Crippen LogP contribution < -0.4 is 16.4 Å². The highest BCUT2D eigenvalue weighted by atomic mass is 16.1. The molecule has 0 aliphatic rings. The molecule has 2 aromatic carbocycles. The Kier molecular flexibility index (Phi) is 6.79. The molecule has 0 radical (unpaired) electrons. The molecule has 172 valence electrons. The number of carbonyl (C=O) groups excluding carboxylic acids is 1. The summed E-state index contributed by atoms with van der Waals surface area (Å²) in [6, 6.07) is 17.0. The maximum Gasteiger partial charge on any atom is 0.257 e. The number of anilines is 3. The number of para-hydroxylation sites is 1. The molecule has 0 unspecified atom stereocenters. The lowest BCUT2D eigenvalue weighted by Crippen LogP contribution is -2.12. The van der Waals surface area contributed by atoms with Gasteiger partial charge in [0.2, 0.25) is 0 Å². The lowest BCUT2D eigenvalue weighted by molar-refractivity contribution is 0.102. The quantitative estimate of drug-likeness (QED) is 0.287. The Morgan fingerprint density at radius 3 is 2.65 bits per heavy atom. The van der Waals surface area contributed by atoms with E-state index in [2.05, 4.69) is 30.6 Å². The average Bonchev–Trinajstić information content (AvgIpc) is 3.34. The van der Waals surface area contributed by atoms with Gasteiger partial charge < -0.3 is 21.4 Å². The van der Waals surface area contributed by atoms with Crippen molar-refractivity contribution in [2.75, 3.05) is 10.6 Å². The van der Waals surface area contributed by atoms with E-state index in [1.165, 1.54) is 0 Å². The molecule has 34 heavy (non-hydrogen) atoms. The topological polar surface area (TPSA) is 122 Å². The predicted octanol–water partition coefficient (Wildman–Crippen LogP) is 5.30. The number of aromatic nitrogens is 4. The minimum atomic E-state index is -0.180. The van der Waals surface area contributed by atoms with Crippen LogP contribution in [0.5, 0.6) is 0 Å². The van der Waals surface area contributed by atoms with Crippen LogP contribution in [-0.2, 0) is 6.54 Å². The number of nitrogens with one attached hydrogen (secondary N) is 3. The van der Waals surface area contributed by atoms with E-state index in [0.717, 1.165) is 28.0 Å². The summed E-state index contributed by atoms with van der Waals surface area (Å²) in [5, 5.41) is 7.34. The first-order valence-electron chi connectivity index (χ1n) is 11.2. The van der Waals surface area contributed by atoms with E-state index in [0.29, 0.717) is 34.7 Å². The van der Waals surface area contributed by atoms with Crippen LogP contribution in [0.2, 0.25) is 0 Å². The Morgan fingerprint density at radius 2 is 1.82 bits per heavy atom. The number of benzene rings is 2. The third kappa shape index (κ3) is 4.72. The van der Waals surface area contributed by atoms with Gasteiger partial charge in [-0.2, -0.15) is 0 Å². The number of amides is 1. The van der Waals surface area contributed by atoms with E-state index in [9.17, 15) is 4.79 Å². The van der Waals surface area contributed by atoms with Gasteiger partial charge in [0.25, 0.3) is 5.91 Å². The molecule has 5 rings (SSSR count). The number of aryl methyl sites for hydroxylation is 1. The maximum atomic E-state index is 12.9. The molecule has 0 saturated heterocycles. The first-order valence-corrected chi connectivity index (χ1v) is 11.2. The van der Waals surface area contributed by atoms with E-state index < -0.39 is 0 Å². The summed E-state index contributed by atoms with van der Waals surface area (Å²) in [7, 11) is 0. The van der Waals surface area contributed by atoms with E-state index in [4.69, 9.17) is 5.73 Å². The Bertz CT molecular complexity index is 1460. The SMILES string of the molecule is CC.Cc1cc(Nc2cccc(NC(=O)c3cccc4cc[nH]c34)c2)c2ncc(CN)nc2n1. The Labute approximate surface area is 197 Å². The highest BCUT2D eigenvalue weighted by Gasteiger charge is 2.12. The van der Waals surface area contributed by atoms with Crippen LogP contribution in [0, 0.1) is 6.92 Å². The summed E-state index contributed by atoms with van der Waals surface area (Å²) in [4.78, 5) is 29.4. The van der Waals surface area contributed by atoms with Crippen molar-refractivity contribution < 1.29 is 4.79 Å². The van der Waals surface area contributed by atoms with E-state index in [-0.39, 0.29) is 5.91 Å². The largest absolute Gasteiger partial charge is 0.361 e. The highest BCUT2D eigenvalue weighted by molar-refractivity contribution is 6.12. The van der Waals surface area contributed by atoms with E-state index in [1.54, 1.807) is 12.3 Å². The number of carbonyl (C=O) groups is 1. The number of hydrogen-bond acceptors (Lipinski definition) is 6. The second-order valence-corrected chi connectivity index (χ2v) is 7.46. The molecule has 5 aromatic rings. The van der Waals surface area contributed by atoms with Gasteiger partial charge in [-0.15, -0.1) is 0 Å². The van der Waals surface area contributed by atoms with Crippen LogP contribution in [0.1, 0.15) is 35.6 Å². The van der Waals surface area contributed by atoms with Gasteiger partial charge in [-0.1, -0.05) is 32.0 Å². The molecule has 8 nitrogen and oxygen atoms in total. The van der Waals surface area contributed by atoms with Crippen LogP contribution in [0.4, 0.5) is 17.1 Å². The molecule has 0 aliphatic heterocycles. The second-order valence-electron chi connectivity index (χ2n) is 7.46. The minimum Gasteiger partial charge on any atom is -0.361 e. The van der Waals surface area contributed by atoms with Crippen molar-refractivity contribution in [2.24, 2.45) is 5.73 Å². The third-order valence-corrected chi connectivity index (χ3v) is 5.14. The number of pyridine rings is 1. The maximum absolute atomic E-state index is 12.9. The van der Waals surface area contributed by atoms with Crippen molar-refractivity contribution in [2.45, 2.75) is 27.3 Å². The van der Waals surface area contributed by atoms with Gasteiger partial charge in [0.15, 0.2) is 5.65 Å². The number of aromatic amines is 1. The lowest BCUT2D eigenvalue weighted by Gasteiger charge is -2.12. The zero-order chi connectivity index (χ0) is 24.1. The molecule has 0 aliphatic carbocycles. The molecular formula is C26H27N7O. The van der Waals surface area contributed by atoms with Crippen LogP contribution in [0.3, 0.4) is 0 Å². The van der Waals surface area contributed by atoms with Gasteiger partial charge in [-0.3, -0.25) is 4.79 Å². The third-order valence-electron chi connectivity index (χ3n) is 5.14. The summed E-state index contributed by atoms with van der Waals surface area (Å²) in [6.07, 6.45) is 3.48. The summed E-state index contributed by atoms with van der Waals surface area (Å²) >= 11 is 0. The van der Waals surface area contributed by atoms with Crippen molar-refractivity contribution in [3.8, 4) is 0 Å². The van der Waals surface area contributed by atoms with Gasteiger partial charge in [0, 0.05) is 35.2 Å². The number of hydrogen-bond donors (Lipinski definition) is 4. The smallest absolute Gasteiger partial charge is 0.257 e. The lowest BCUT2D eigenvalue weighted by atomic mass is 10.1. The predicted molar refractivity (Wildman–Crippen MR) is 137 cm³/mol. The molecule has 3 aromatic heterocycles. The monoisotopic (exact) mass is 453 g/mol. The normalized spacial score (nSPS) is 10.6. The molecule has 0 fully saturated rings. The van der Waals surface area contributed by atoms with Gasteiger partial charge in [0.1, 0.15) is 5.52 Å². The van der Waals surface area contributed by atoms with Crippen LogP contribution in [0.15, 0.2) is 67.0 Å². The molecule has 0 saturated carbocycles. The van der Waals surface area contributed by atoms with Crippen molar-refractivity contribution in [3.63, 3.8) is 0 Å². The molecule has 5 N–H and O–H groups in total. The number of fused-ring (bicyclic) bond motifs is 2. The molecular weight excluding hydrogens is 426 g/mol. The first kappa shape index (κ1) is 22.9. The van der Waals surface area contributed by atoms with Crippen molar-refractivity contribution in [1.29, 1.82) is 0 Å². The van der Waals surface area contributed by atoms with Gasteiger partial charge in [0.05, 0.1) is 28.7 Å². The standard InChI is InChI=1S/C24H21N7O.C2H6/c1-14-10-20(22-23(28-14)30-18(12-25)13-27-22)29-16-5-3-6-17(11-16)31-24(32)19-7-2-4-15-8-9-26-21(15)19;1-2/h2-11,13,26H,12,25H2,1H3,(H,31,32)(H,28,29,30);1-2H3. The molecule has 3 heterocycles. The number of nitrogens with two attached hydrogens (primary N) is 1. The number of nitrogens with zero attached hydrogens (tertiary/aromatic N) is 3. The highest BCUT2D eigenvalue weighted by Crippen LogP contribution is 2.26. The van der Waals surface area contributed by atoms with Crippen LogP contribution in [0.25, 0.3) is 22.1 Å². The summed E-state index contributed by atoms with van der Waals surface area (Å²) < 4.78 is 0. The summed E-state index contributed by atoms with van der Waals surface area (Å²) in [6.45, 7) is 6.21. The van der Waals surface area contributed by atoms with Gasteiger partial charge in [-0.25, -0.2) is 15.0 Å². The zero-order valence-electron chi connectivity index (χ0n) is 19.4. The number of rotatable bonds is 5. The van der Waals surface area contributed by atoms with Gasteiger partial charge in [-0.05, 0) is 43.3 Å². The summed E-state index contributed by atoms with van der Waals surface area (Å²) in [5.74, 6) is -0.180. The van der Waals surface area contributed by atoms with E-state index >= 15 is 0 Å². The second kappa shape index (κ2) is 10.1. The molecule has 0 atom stereocenters. The fourth-order valence-corrected chi connectivity index (χ4v) is 3.66. The Morgan fingerprint density at radius 1 is 1.03 bits per heavy atom. The molecule has 8 heteroatoms. The summed E-state index contributed by atoms with van der Waals surface area (Å²) in [5.41, 5.74) is 12.0. The first-order chi connectivity index (χ1) is 16.6. The minimum absolute atomic E-state index is 0.180. The fraction of sp³-hybridized carbons (Fsp3) is 0.154. The Balaban J connectivity index is 0.00000133. The number of H-pyrrole nitrogens is 1.